The molecular formula is C6H9ClLiNO. The first kappa shape index (κ1) is 10.2. The molecule has 0 saturated carbocycles. The summed E-state index contributed by atoms with van der Waals surface area (Å²) in [5.41, 5.74) is -0.0826. The van der Waals surface area contributed by atoms with Gasteiger partial charge in [-0.05, 0) is 13.8 Å². The summed E-state index contributed by atoms with van der Waals surface area (Å²) >= 11 is 5.35. The fourth-order valence-corrected chi connectivity index (χ4v) is 0.781. The second-order valence-corrected chi connectivity index (χ2v) is 2.88. The molecule has 0 saturated heterocycles. The molecule has 1 heterocycles. The first-order valence-corrected chi connectivity index (χ1v) is 3.24. The van der Waals surface area contributed by atoms with E-state index in [0.717, 1.165) is 0 Å². The summed E-state index contributed by atoms with van der Waals surface area (Å²) in [4.78, 5) is 4.15. The van der Waals surface area contributed by atoms with Gasteiger partial charge >= 0.3 is 18.9 Å². The number of hydrogen-bond acceptors (Lipinski definition) is 2. The molecule has 0 spiro atoms. The van der Waals surface area contributed by atoms with E-state index in [1.54, 1.807) is 0 Å². The van der Waals surface area contributed by atoms with E-state index in [2.05, 4.69) is 4.99 Å². The Hall–Kier alpha value is 0.227. The fraction of sp³-hybridized carbons (Fsp3) is 0.667. The van der Waals surface area contributed by atoms with Gasteiger partial charge in [-0.2, -0.15) is 0 Å². The molecule has 0 fully saturated rings. The number of nitrogens with zero attached hydrogens (tertiary/aromatic N) is 1. The minimum Gasteiger partial charge on any atom is -0.507 e. The third-order valence-corrected chi connectivity index (χ3v) is 1.27. The van der Waals surface area contributed by atoms with E-state index < -0.39 is 0 Å². The largest absolute Gasteiger partial charge is 1.00 e. The summed E-state index contributed by atoms with van der Waals surface area (Å²) in [6.45, 7) is 4.63. The molecule has 0 aromatic heterocycles. The molecule has 0 atom stereocenters. The molecule has 0 N–H and O–H groups in total. The summed E-state index contributed by atoms with van der Waals surface area (Å²) in [5.74, 6) is 1.90. The van der Waals surface area contributed by atoms with Crippen molar-refractivity contribution >= 4 is 17.5 Å². The molecular weight excluding hydrogens is 144 g/mol. The van der Waals surface area contributed by atoms with Crippen molar-refractivity contribution in [3.63, 3.8) is 0 Å². The van der Waals surface area contributed by atoms with Crippen LogP contribution < -0.4 is 18.9 Å². The van der Waals surface area contributed by atoms with Crippen LogP contribution in [0.5, 0.6) is 0 Å². The van der Waals surface area contributed by atoms with E-state index in [0.29, 0.717) is 12.5 Å². The Labute approximate surface area is 78.2 Å². The minimum atomic E-state index is -0.0826. The Morgan fingerprint density at radius 3 is 2.50 bits per heavy atom. The molecule has 0 aromatic carbocycles. The number of ether oxygens (including phenoxy) is 1. The Balaban J connectivity index is 0.000000810. The van der Waals surface area contributed by atoms with E-state index in [9.17, 15) is 0 Å². The molecule has 52 valence electrons. The SMILES string of the molecule is CC1(C)COC([CH-]Cl)=N1.[Li+]. The van der Waals surface area contributed by atoms with E-state index in [-0.39, 0.29) is 24.4 Å². The Morgan fingerprint density at radius 2 is 2.30 bits per heavy atom. The van der Waals surface area contributed by atoms with Crippen molar-refractivity contribution in [1.29, 1.82) is 0 Å². The van der Waals surface area contributed by atoms with Gasteiger partial charge in [-0.1, -0.05) is 0 Å². The standard InChI is InChI=1S/C6H9ClNO.Li/c1-6(2)4-9-5(3-7)8-6;/h3H,4H2,1-2H3;/q-1;+1. The van der Waals surface area contributed by atoms with Crippen molar-refractivity contribution in [1.82, 2.24) is 0 Å². The second kappa shape index (κ2) is 3.57. The predicted molar refractivity (Wildman–Crippen MR) is 37.6 cm³/mol. The Kier molecular flexibility index (Phi) is 3.65. The van der Waals surface area contributed by atoms with E-state index in [1.807, 2.05) is 13.8 Å². The molecule has 0 amide bonds. The number of halogens is 1. The summed E-state index contributed by atoms with van der Waals surface area (Å²) in [7, 11) is 0. The second-order valence-electron chi connectivity index (χ2n) is 2.66. The van der Waals surface area contributed by atoms with Gasteiger partial charge in [-0.25, -0.2) is 5.88 Å². The van der Waals surface area contributed by atoms with Gasteiger partial charge in [0.05, 0.1) is 11.4 Å². The summed E-state index contributed by atoms with van der Waals surface area (Å²) in [5, 5.41) is 0. The van der Waals surface area contributed by atoms with Crippen LogP contribution in [0.4, 0.5) is 0 Å². The van der Waals surface area contributed by atoms with Crippen LogP contribution in [0.15, 0.2) is 4.99 Å². The molecule has 1 aliphatic rings. The first-order chi connectivity index (χ1) is 4.14. The smallest absolute Gasteiger partial charge is 0.507 e. The van der Waals surface area contributed by atoms with Gasteiger partial charge < -0.3 is 16.3 Å². The average Bonchev–Trinajstić information content (AvgIpc) is 2.10. The van der Waals surface area contributed by atoms with Crippen LogP contribution in [-0.4, -0.2) is 18.0 Å². The summed E-state index contributed by atoms with van der Waals surface area (Å²) in [6, 6.07) is 0. The summed E-state index contributed by atoms with van der Waals surface area (Å²) in [6.07, 6.45) is 0. The number of hydrogen-bond donors (Lipinski definition) is 0. The molecule has 0 aromatic rings. The van der Waals surface area contributed by atoms with Gasteiger partial charge in [0.2, 0.25) is 0 Å². The maximum atomic E-state index is 5.35. The quantitative estimate of drug-likeness (QED) is 0.335. The van der Waals surface area contributed by atoms with E-state index >= 15 is 0 Å². The van der Waals surface area contributed by atoms with Crippen LogP contribution >= 0.6 is 11.6 Å². The van der Waals surface area contributed by atoms with Gasteiger partial charge in [0.25, 0.3) is 0 Å². The monoisotopic (exact) mass is 153 g/mol. The van der Waals surface area contributed by atoms with E-state index in [4.69, 9.17) is 16.3 Å². The van der Waals surface area contributed by atoms with Crippen LogP contribution in [0.1, 0.15) is 13.8 Å². The van der Waals surface area contributed by atoms with Crippen molar-refractivity contribution in [2.45, 2.75) is 19.4 Å². The van der Waals surface area contributed by atoms with Crippen molar-refractivity contribution in [3.05, 3.63) is 5.88 Å². The molecule has 10 heavy (non-hydrogen) atoms. The fourth-order valence-electron chi connectivity index (χ4n) is 0.669. The van der Waals surface area contributed by atoms with E-state index in [1.165, 1.54) is 5.88 Å². The molecule has 0 unspecified atom stereocenters. The third kappa shape index (κ3) is 2.46. The number of aliphatic imine (C=N–C) groups is 1. The maximum absolute atomic E-state index is 5.35. The Morgan fingerprint density at radius 1 is 1.70 bits per heavy atom. The third-order valence-electron chi connectivity index (χ3n) is 1.08. The topological polar surface area (TPSA) is 21.6 Å². The molecule has 0 radical (unpaired) electrons. The van der Waals surface area contributed by atoms with Crippen molar-refractivity contribution in [2.75, 3.05) is 6.61 Å². The average molecular weight is 154 g/mol. The zero-order chi connectivity index (χ0) is 6.91. The number of rotatable bonds is 1. The van der Waals surface area contributed by atoms with Crippen molar-refractivity contribution < 1.29 is 23.6 Å². The van der Waals surface area contributed by atoms with Gasteiger partial charge in [0, 0.05) is 0 Å². The van der Waals surface area contributed by atoms with Gasteiger partial charge in [-0.15, -0.1) is 0 Å². The molecule has 0 aliphatic carbocycles. The zero-order valence-corrected chi connectivity index (χ0v) is 7.27. The van der Waals surface area contributed by atoms with Crippen molar-refractivity contribution in [2.24, 2.45) is 4.99 Å². The molecule has 2 nitrogen and oxygen atoms in total. The predicted octanol–water partition coefficient (Wildman–Crippen LogP) is -1.40. The maximum Gasteiger partial charge on any atom is 1.00 e. The van der Waals surface area contributed by atoms with Gasteiger partial charge in [0.1, 0.15) is 6.61 Å². The normalized spacial score (nSPS) is 20.5. The van der Waals surface area contributed by atoms with Gasteiger partial charge in [0.15, 0.2) is 0 Å². The minimum absolute atomic E-state index is 0. The van der Waals surface area contributed by atoms with Crippen molar-refractivity contribution in [3.8, 4) is 0 Å². The Bertz CT molecular complexity index is 147. The molecule has 1 aliphatic heterocycles. The molecule has 4 heteroatoms. The zero-order valence-electron chi connectivity index (χ0n) is 6.52. The van der Waals surface area contributed by atoms with Crippen LogP contribution in [0.25, 0.3) is 0 Å². The van der Waals surface area contributed by atoms with Crippen LogP contribution in [0.3, 0.4) is 0 Å². The first-order valence-electron chi connectivity index (χ1n) is 2.80. The molecule has 0 bridgehead atoms. The van der Waals surface area contributed by atoms with Crippen LogP contribution in [0, 0.1) is 5.88 Å². The van der Waals surface area contributed by atoms with Crippen LogP contribution in [0.2, 0.25) is 0 Å². The van der Waals surface area contributed by atoms with Gasteiger partial charge in [-0.3, -0.25) is 4.99 Å². The molecule has 1 rings (SSSR count). The summed E-state index contributed by atoms with van der Waals surface area (Å²) < 4.78 is 5.08. The van der Waals surface area contributed by atoms with Crippen LogP contribution in [-0.2, 0) is 4.74 Å².